The van der Waals surface area contributed by atoms with Crippen molar-refractivity contribution in [1.29, 1.82) is 0 Å². The molecule has 232 valence electrons. The van der Waals surface area contributed by atoms with Crippen molar-refractivity contribution in [3.63, 3.8) is 0 Å². The summed E-state index contributed by atoms with van der Waals surface area (Å²) in [5, 5.41) is 23.6. The van der Waals surface area contributed by atoms with Crippen molar-refractivity contribution in [3.05, 3.63) is 42.0 Å². The number of anilines is 1. The Balaban J connectivity index is 1.18. The Hall–Kier alpha value is -4.78. The van der Waals surface area contributed by atoms with Gasteiger partial charge < -0.3 is 40.4 Å². The molecule has 2 amide bonds. The van der Waals surface area contributed by atoms with E-state index in [9.17, 15) is 24.6 Å². The summed E-state index contributed by atoms with van der Waals surface area (Å²) < 4.78 is 17.2. The zero-order chi connectivity index (χ0) is 31.4. The minimum absolute atomic E-state index is 0.0816. The molecule has 5 rings (SSSR count). The molecular formula is C29H33N7O8. The van der Waals surface area contributed by atoms with Gasteiger partial charge in [-0.2, -0.15) is 0 Å². The molecule has 0 aliphatic carbocycles. The van der Waals surface area contributed by atoms with E-state index in [-0.39, 0.29) is 28.7 Å². The number of hydrogen-bond acceptors (Lipinski definition) is 12. The summed E-state index contributed by atoms with van der Waals surface area (Å²) in [6.45, 7) is 3.09. The quantitative estimate of drug-likeness (QED) is 0.225. The van der Waals surface area contributed by atoms with Gasteiger partial charge in [-0.15, -0.1) is 0 Å². The number of likely N-dealkylation sites (tertiary alicyclic amines) is 1. The van der Waals surface area contributed by atoms with E-state index >= 15 is 0 Å². The Morgan fingerprint density at radius 2 is 1.86 bits per heavy atom. The zero-order valence-corrected chi connectivity index (χ0v) is 24.2. The number of nitrogens with one attached hydrogen (secondary N) is 1. The lowest BCUT2D eigenvalue weighted by Crippen LogP contribution is -2.42. The monoisotopic (exact) mass is 607 g/mol. The number of aliphatic hydroxyl groups is 2. The van der Waals surface area contributed by atoms with E-state index in [1.54, 1.807) is 24.0 Å². The Morgan fingerprint density at radius 1 is 1.14 bits per heavy atom. The van der Waals surface area contributed by atoms with Crippen molar-refractivity contribution in [3.8, 4) is 17.6 Å². The fraction of sp³-hybridized carbons (Fsp3) is 0.448. The molecule has 2 aromatic heterocycles. The Kier molecular flexibility index (Phi) is 9.23. The summed E-state index contributed by atoms with van der Waals surface area (Å²) in [5.41, 5.74) is 6.97. The van der Waals surface area contributed by atoms with Crippen LogP contribution in [0.2, 0.25) is 0 Å². The van der Waals surface area contributed by atoms with Crippen LogP contribution in [0, 0.1) is 17.8 Å². The van der Waals surface area contributed by atoms with Gasteiger partial charge in [-0.1, -0.05) is 5.92 Å². The van der Waals surface area contributed by atoms with Crippen molar-refractivity contribution in [2.45, 2.75) is 50.7 Å². The number of imidazole rings is 1. The van der Waals surface area contributed by atoms with Gasteiger partial charge in [-0.3, -0.25) is 9.36 Å². The Morgan fingerprint density at radius 3 is 2.55 bits per heavy atom. The number of nitrogens with zero attached hydrogens (tertiary/aromatic N) is 5. The smallest absolute Gasteiger partial charge is 0.415 e. The van der Waals surface area contributed by atoms with Gasteiger partial charge >= 0.3 is 12.1 Å². The molecule has 2 fully saturated rings. The first-order valence-corrected chi connectivity index (χ1v) is 14.1. The summed E-state index contributed by atoms with van der Waals surface area (Å²) in [4.78, 5) is 51.0. The summed E-state index contributed by atoms with van der Waals surface area (Å²) in [6, 6.07) is 6.14. The number of carbonyl (C=O) groups excluding carboxylic acids is 3. The highest BCUT2D eigenvalue weighted by Gasteiger charge is 2.47. The average molecular weight is 608 g/mol. The molecule has 2 aliphatic heterocycles. The van der Waals surface area contributed by atoms with Crippen molar-refractivity contribution in [2.75, 3.05) is 32.5 Å². The molecule has 15 heteroatoms. The fourth-order valence-electron chi connectivity index (χ4n) is 5.10. The number of nitrogen functional groups attached to an aromatic ring is 1. The van der Waals surface area contributed by atoms with Gasteiger partial charge in [0.15, 0.2) is 23.8 Å². The van der Waals surface area contributed by atoms with E-state index in [0.29, 0.717) is 37.4 Å². The summed E-state index contributed by atoms with van der Waals surface area (Å²) in [5.74, 6) is 5.81. The molecule has 15 nitrogen and oxygen atoms in total. The number of amides is 2. The van der Waals surface area contributed by atoms with E-state index in [1.807, 2.05) is 0 Å². The predicted molar refractivity (Wildman–Crippen MR) is 154 cm³/mol. The van der Waals surface area contributed by atoms with Gasteiger partial charge in [0.1, 0.15) is 23.5 Å². The molecular weight excluding hydrogens is 574 g/mol. The van der Waals surface area contributed by atoms with Gasteiger partial charge in [0.05, 0.1) is 19.0 Å². The molecule has 0 unspecified atom stereocenters. The summed E-state index contributed by atoms with van der Waals surface area (Å²) in [6.07, 6.45) is -2.37. The number of hydrogen-bond donors (Lipinski definition) is 4. The van der Waals surface area contributed by atoms with Crippen LogP contribution in [0.4, 0.5) is 10.6 Å². The molecule has 0 bridgehead atoms. The topological polar surface area (TPSA) is 204 Å². The SMILES string of the molecule is CCNC(=O)[C@H]1O[C@@H](n2cnc3c(N)nc(C#CCC4CCN(C(=O)Oc5ccc(C(=O)OC)cc5)CC4)nc32)[C@H](O)[C@@H]1O. The van der Waals surface area contributed by atoms with Crippen LogP contribution in [0.3, 0.4) is 0 Å². The Bertz CT molecular complexity index is 1590. The highest BCUT2D eigenvalue weighted by Crippen LogP contribution is 2.32. The third-order valence-corrected chi connectivity index (χ3v) is 7.51. The molecule has 3 aromatic rings. The standard InChI is InChI=1S/C29H33N7O8/c1-3-31-26(39)23-21(37)22(38)27(44-23)36-15-32-20-24(30)33-19(34-25(20)36)6-4-5-16-11-13-35(14-12-16)29(41)43-18-9-7-17(8-10-18)28(40)42-2/h7-10,15-16,21-23,27,37-38H,3,5,11-14H2,1-2H3,(H,31,39)(H2,30,33,34)/t21-,22+,23-,27+/m0/s1. The number of methoxy groups -OCH3 is 1. The van der Waals surface area contributed by atoms with E-state index in [2.05, 4.69) is 36.8 Å². The van der Waals surface area contributed by atoms with Crippen LogP contribution in [0.5, 0.6) is 5.75 Å². The fourth-order valence-corrected chi connectivity index (χ4v) is 5.10. The predicted octanol–water partition coefficient (Wildman–Crippen LogP) is 0.603. The average Bonchev–Trinajstić information content (AvgIpc) is 3.58. The van der Waals surface area contributed by atoms with Crippen molar-refractivity contribution >= 4 is 35.0 Å². The van der Waals surface area contributed by atoms with Gasteiger partial charge in [-0.05, 0) is 55.9 Å². The van der Waals surface area contributed by atoms with Gasteiger partial charge in [0.2, 0.25) is 5.82 Å². The second-order valence-corrected chi connectivity index (χ2v) is 10.4. The third kappa shape index (κ3) is 6.42. The molecule has 4 heterocycles. The van der Waals surface area contributed by atoms with Crippen molar-refractivity contribution in [1.82, 2.24) is 29.7 Å². The number of rotatable bonds is 6. The van der Waals surface area contributed by atoms with Crippen LogP contribution in [0.1, 0.15) is 48.6 Å². The molecule has 4 atom stereocenters. The zero-order valence-electron chi connectivity index (χ0n) is 24.2. The lowest BCUT2D eigenvalue weighted by molar-refractivity contribution is -0.137. The maximum atomic E-state index is 12.6. The summed E-state index contributed by atoms with van der Waals surface area (Å²) in [7, 11) is 1.30. The first kappa shape index (κ1) is 30.7. The highest BCUT2D eigenvalue weighted by atomic mass is 16.6. The minimum atomic E-state index is -1.45. The number of esters is 1. The number of nitrogens with two attached hydrogens (primary N) is 1. The molecule has 5 N–H and O–H groups in total. The number of ether oxygens (including phenoxy) is 3. The lowest BCUT2D eigenvalue weighted by atomic mass is 9.94. The largest absolute Gasteiger partial charge is 0.465 e. The number of likely N-dealkylation sites (N-methyl/N-ethyl adjacent to an activating group) is 1. The van der Waals surface area contributed by atoms with E-state index in [4.69, 9.17) is 15.2 Å². The number of benzene rings is 1. The van der Waals surface area contributed by atoms with Crippen LogP contribution in [0.25, 0.3) is 11.2 Å². The molecule has 44 heavy (non-hydrogen) atoms. The van der Waals surface area contributed by atoms with Gasteiger partial charge in [0, 0.05) is 26.1 Å². The van der Waals surface area contributed by atoms with Crippen LogP contribution in [-0.4, -0.2) is 97.7 Å². The molecule has 0 radical (unpaired) electrons. The van der Waals surface area contributed by atoms with Crippen LogP contribution < -0.4 is 15.8 Å². The minimum Gasteiger partial charge on any atom is -0.465 e. The second kappa shape index (κ2) is 13.2. The first-order chi connectivity index (χ1) is 21.2. The molecule has 1 aromatic carbocycles. The third-order valence-electron chi connectivity index (χ3n) is 7.51. The van der Waals surface area contributed by atoms with Crippen molar-refractivity contribution in [2.24, 2.45) is 5.92 Å². The number of aromatic nitrogens is 4. The molecule has 2 saturated heterocycles. The first-order valence-electron chi connectivity index (χ1n) is 14.1. The van der Waals surface area contributed by atoms with Crippen LogP contribution in [0.15, 0.2) is 30.6 Å². The highest BCUT2D eigenvalue weighted by molar-refractivity contribution is 5.89. The number of aliphatic hydroxyl groups excluding tert-OH is 2. The lowest BCUT2D eigenvalue weighted by Gasteiger charge is -2.30. The molecule has 0 saturated carbocycles. The number of fused-ring (bicyclic) bond motifs is 1. The number of carbonyl (C=O) groups is 3. The summed E-state index contributed by atoms with van der Waals surface area (Å²) >= 11 is 0. The van der Waals surface area contributed by atoms with E-state index < -0.39 is 42.5 Å². The maximum absolute atomic E-state index is 12.6. The maximum Gasteiger partial charge on any atom is 0.415 e. The second-order valence-electron chi connectivity index (χ2n) is 10.4. The van der Waals surface area contributed by atoms with E-state index in [1.165, 1.54) is 30.1 Å². The molecule has 2 aliphatic rings. The van der Waals surface area contributed by atoms with Gasteiger partial charge in [-0.25, -0.2) is 24.5 Å². The Labute approximate surface area is 252 Å². The molecule has 0 spiro atoms. The van der Waals surface area contributed by atoms with Crippen molar-refractivity contribution < 1.29 is 38.8 Å². The van der Waals surface area contributed by atoms with Crippen LogP contribution in [-0.2, 0) is 14.3 Å². The van der Waals surface area contributed by atoms with Gasteiger partial charge in [0.25, 0.3) is 5.91 Å². The normalized spacial score (nSPS) is 21.9. The van der Waals surface area contributed by atoms with Crippen LogP contribution >= 0.6 is 0 Å². The van der Waals surface area contributed by atoms with E-state index in [0.717, 1.165) is 12.8 Å². The number of piperidine rings is 1.